The number of aromatic nitrogens is 2. The number of nitrogens with zero attached hydrogens (tertiary/aromatic N) is 3. The number of rotatable bonds is 9. The molecule has 0 amide bonds. The van der Waals surface area contributed by atoms with E-state index in [4.69, 9.17) is 28.8 Å². The third-order valence-electron chi connectivity index (χ3n) is 6.93. The number of ether oxygens (including phenoxy) is 3. The molecule has 0 atom stereocenters. The summed E-state index contributed by atoms with van der Waals surface area (Å²) in [6.07, 6.45) is 1.36. The molecule has 3 heterocycles. The molecule has 1 fully saturated rings. The molecular formula is C29H30N4O7S. The standard InChI is InChI=1S/C29H30N4O7S/c1-37-29(14-16-38-17-15-29)24-9-5-8-22(31-24)19-39-26(33-34)18-25-32-27(20-6-3-2-4-7-20)28(40-25)21-10-12-23(13-11-21)41(30,35)36/h2-13,34H,14-19H2,1H3,(H2,30,35,36)/b33-26+. The number of methoxy groups -OCH3 is 1. The van der Waals surface area contributed by atoms with E-state index in [0.717, 1.165) is 11.3 Å². The molecule has 0 bridgehead atoms. The first-order chi connectivity index (χ1) is 19.8. The lowest BCUT2D eigenvalue weighted by Crippen LogP contribution is -2.36. The van der Waals surface area contributed by atoms with Crippen LogP contribution in [0.1, 0.15) is 30.1 Å². The Kier molecular flexibility index (Phi) is 8.45. The zero-order chi connectivity index (χ0) is 28.9. The summed E-state index contributed by atoms with van der Waals surface area (Å²) in [6.45, 7) is 1.24. The van der Waals surface area contributed by atoms with Crippen LogP contribution in [0.5, 0.6) is 0 Å². The summed E-state index contributed by atoms with van der Waals surface area (Å²) in [6, 6.07) is 21.0. The fraction of sp³-hybridized carbons (Fsp3) is 0.276. The number of hydrogen-bond acceptors (Lipinski definition) is 10. The van der Waals surface area contributed by atoms with Crippen molar-refractivity contribution in [3.63, 3.8) is 0 Å². The van der Waals surface area contributed by atoms with Gasteiger partial charge in [0, 0.05) is 44.3 Å². The van der Waals surface area contributed by atoms with Gasteiger partial charge in [0.05, 0.1) is 16.3 Å². The maximum absolute atomic E-state index is 11.7. The van der Waals surface area contributed by atoms with Crippen LogP contribution in [0.4, 0.5) is 0 Å². The summed E-state index contributed by atoms with van der Waals surface area (Å²) < 4.78 is 46.6. The highest BCUT2D eigenvalue weighted by Crippen LogP contribution is 2.35. The van der Waals surface area contributed by atoms with E-state index in [9.17, 15) is 13.6 Å². The Morgan fingerprint density at radius 3 is 2.39 bits per heavy atom. The highest BCUT2D eigenvalue weighted by Gasteiger charge is 2.36. The molecule has 0 radical (unpaired) electrons. The molecule has 0 unspecified atom stereocenters. The van der Waals surface area contributed by atoms with Gasteiger partial charge in [-0.3, -0.25) is 4.98 Å². The number of benzene rings is 2. The van der Waals surface area contributed by atoms with E-state index >= 15 is 0 Å². The lowest BCUT2D eigenvalue weighted by Gasteiger charge is -2.35. The number of pyridine rings is 1. The number of hydrogen-bond donors (Lipinski definition) is 2. The molecule has 4 aromatic rings. The van der Waals surface area contributed by atoms with Crippen LogP contribution in [0.2, 0.25) is 0 Å². The number of oxazole rings is 1. The molecule has 41 heavy (non-hydrogen) atoms. The van der Waals surface area contributed by atoms with Crippen molar-refractivity contribution in [2.24, 2.45) is 10.3 Å². The Morgan fingerprint density at radius 1 is 1.00 bits per heavy atom. The highest BCUT2D eigenvalue weighted by molar-refractivity contribution is 7.89. The molecular weight excluding hydrogens is 548 g/mol. The van der Waals surface area contributed by atoms with E-state index < -0.39 is 15.6 Å². The van der Waals surface area contributed by atoms with Crippen LogP contribution >= 0.6 is 0 Å². The lowest BCUT2D eigenvalue weighted by molar-refractivity contribution is -0.0974. The molecule has 1 aliphatic rings. The van der Waals surface area contributed by atoms with Gasteiger partial charge in [0.25, 0.3) is 0 Å². The molecule has 5 rings (SSSR count). The second-order valence-electron chi connectivity index (χ2n) is 9.50. The van der Waals surface area contributed by atoms with Crippen LogP contribution in [0.15, 0.2) is 87.3 Å². The van der Waals surface area contributed by atoms with Crippen molar-refractivity contribution in [2.75, 3.05) is 20.3 Å². The van der Waals surface area contributed by atoms with Gasteiger partial charge in [-0.05, 0) is 36.4 Å². The van der Waals surface area contributed by atoms with Crippen LogP contribution in [0.25, 0.3) is 22.6 Å². The Hall–Kier alpha value is -4.10. The Bertz CT molecular complexity index is 1610. The Balaban J connectivity index is 1.36. The smallest absolute Gasteiger partial charge is 0.238 e. The van der Waals surface area contributed by atoms with Crippen LogP contribution in [-0.4, -0.2) is 49.8 Å². The first-order valence-corrected chi connectivity index (χ1v) is 14.5. The van der Waals surface area contributed by atoms with Gasteiger partial charge >= 0.3 is 0 Å². The number of oxime groups is 1. The first kappa shape index (κ1) is 28.4. The zero-order valence-electron chi connectivity index (χ0n) is 22.4. The minimum absolute atomic E-state index is 0.0123. The normalized spacial score (nSPS) is 15.5. The van der Waals surface area contributed by atoms with Gasteiger partial charge in [-0.1, -0.05) is 41.6 Å². The maximum atomic E-state index is 11.7. The molecule has 2 aromatic heterocycles. The fourth-order valence-corrected chi connectivity index (χ4v) is 5.22. The largest absolute Gasteiger partial charge is 0.472 e. The monoisotopic (exact) mass is 578 g/mol. The molecule has 1 aliphatic heterocycles. The molecule has 12 heteroatoms. The van der Waals surface area contributed by atoms with Crippen molar-refractivity contribution >= 4 is 15.9 Å². The summed E-state index contributed by atoms with van der Waals surface area (Å²) in [5.74, 6) is 0.645. The molecule has 3 N–H and O–H groups in total. The topological polar surface area (TPSA) is 159 Å². The minimum atomic E-state index is -3.85. The van der Waals surface area contributed by atoms with E-state index in [1.807, 2.05) is 48.5 Å². The predicted molar refractivity (Wildman–Crippen MR) is 149 cm³/mol. The van der Waals surface area contributed by atoms with E-state index in [0.29, 0.717) is 48.8 Å². The van der Waals surface area contributed by atoms with E-state index in [2.05, 4.69) is 10.1 Å². The molecule has 0 spiro atoms. The maximum Gasteiger partial charge on any atom is 0.238 e. The average molecular weight is 579 g/mol. The van der Waals surface area contributed by atoms with Crippen molar-refractivity contribution in [3.8, 4) is 22.6 Å². The van der Waals surface area contributed by atoms with Crippen LogP contribution < -0.4 is 5.14 Å². The van der Waals surface area contributed by atoms with Crippen molar-refractivity contribution in [2.45, 2.75) is 36.4 Å². The molecule has 0 saturated carbocycles. The third kappa shape index (κ3) is 6.46. The summed E-state index contributed by atoms with van der Waals surface area (Å²) >= 11 is 0. The SMILES string of the molecule is COC1(c2cccc(CO/C(Cc3nc(-c4ccccc4)c(-c4ccc(S(N)(=O)=O)cc4)o3)=N/O)n2)CCOCC1. The van der Waals surface area contributed by atoms with Crippen molar-refractivity contribution in [1.82, 2.24) is 9.97 Å². The number of sulfonamides is 1. The van der Waals surface area contributed by atoms with Crippen LogP contribution in [-0.2, 0) is 42.9 Å². The minimum Gasteiger partial charge on any atom is -0.472 e. The second-order valence-corrected chi connectivity index (χ2v) is 11.1. The van der Waals surface area contributed by atoms with E-state index in [-0.39, 0.29) is 29.7 Å². The van der Waals surface area contributed by atoms with E-state index in [1.54, 1.807) is 19.2 Å². The Labute approximate surface area is 237 Å². The molecule has 11 nitrogen and oxygen atoms in total. The molecule has 1 saturated heterocycles. The van der Waals surface area contributed by atoms with E-state index in [1.165, 1.54) is 12.1 Å². The lowest BCUT2D eigenvalue weighted by atomic mass is 9.90. The zero-order valence-corrected chi connectivity index (χ0v) is 23.2. The van der Waals surface area contributed by atoms with Crippen molar-refractivity contribution < 1.29 is 32.3 Å². The quantitative estimate of drug-likeness (QED) is 0.128. The van der Waals surface area contributed by atoms with Gasteiger partial charge in [0.1, 0.15) is 24.3 Å². The van der Waals surface area contributed by atoms with Crippen LogP contribution in [0, 0.1) is 0 Å². The molecule has 0 aliphatic carbocycles. The summed E-state index contributed by atoms with van der Waals surface area (Å²) in [5.41, 5.74) is 2.84. The number of nitrogens with two attached hydrogens (primary N) is 1. The van der Waals surface area contributed by atoms with Gasteiger partial charge in [-0.25, -0.2) is 18.5 Å². The second kappa shape index (κ2) is 12.2. The van der Waals surface area contributed by atoms with Gasteiger partial charge in [0.2, 0.25) is 21.8 Å². The van der Waals surface area contributed by atoms with Gasteiger partial charge in [0.15, 0.2) is 5.76 Å². The molecule has 214 valence electrons. The average Bonchev–Trinajstić information content (AvgIpc) is 3.43. The first-order valence-electron chi connectivity index (χ1n) is 12.9. The summed E-state index contributed by atoms with van der Waals surface area (Å²) in [7, 11) is -2.17. The van der Waals surface area contributed by atoms with Crippen LogP contribution in [0.3, 0.4) is 0 Å². The summed E-state index contributed by atoms with van der Waals surface area (Å²) in [5, 5.41) is 18.2. The predicted octanol–water partition coefficient (Wildman–Crippen LogP) is 4.25. The third-order valence-corrected chi connectivity index (χ3v) is 7.86. The summed E-state index contributed by atoms with van der Waals surface area (Å²) in [4.78, 5) is 9.36. The van der Waals surface area contributed by atoms with Gasteiger partial charge in [-0.2, -0.15) is 0 Å². The van der Waals surface area contributed by atoms with Crippen molar-refractivity contribution in [1.29, 1.82) is 0 Å². The highest BCUT2D eigenvalue weighted by atomic mass is 32.2. The molecule has 2 aromatic carbocycles. The fourth-order valence-electron chi connectivity index (χ4n) is 4.70. The Morgan fingerprint density at radius 2 is 1.73 bits per heavy atom. The van der Waals surface area contributed by atoms with Gasteiger partial charge < -0.3 is 23.8 Å². The number of primary sulfonamides is 1. The van der Waals surface area contributed by atoms with Gasteiger partial charge in [-0.15, -0.1) is 0 Å². The van der Waals surface area contributed by atoms with Crippen molar-refractivity contribution in [3.05, 3.63) is 90.1 Å².